The van der Waals surface area contributed by atoms with E-state index < -0.39 is 28.9 Å². The summed E-state index contributed by atoms with van der Waals surface area (Å²) in [7, 11) is 1.24. The van der Waals surface area contributed by atoms with Crippen molar-refractivity contribution < 1.29 is 23.9 Å². The molecule has 0 aliphatic heterocycles. The molecule has 0 radical (unpaired) electrons. The molecule has 0 saturated heterocycles. The van der Waals surface area contributed by atoms with E-state index in [1.807, 2.05) is 42.5 Å². The van der Waals surface area contributed by atoms with Gasteiger partial charge in [0.2, 0.25) is 5.91 Å². The number of thioether (sulfide) groups is 1. The van der Waals surface area contributed by atoms with Gasteiger partial charge in [-0.3, -0.25) is 14.4 Å². The smallest absolute Gasteiger partial charge is 0.341 e. The number of esters is 1. The number of thiophene rings is 1. The Hall–Kier alpha value is -4.61. The minimum absolute atomic E-state index is 0.103. The number of carbonyl (C=O) groups is 4. The normalized spacial score (nSPS) is 11.3. The minimum atomic E-state index is -0.776. The highest BCUT2D eigenvalue weighted by atomic mass is 35.5. The molecule has 1 unspecified atom stereocenters. The molecule has 1 atom stereocenters. The molecule has 0 aliphatic carbocycles. The summed E-state index contributed by atoms with van der Waals surface area (Å²) in [5.41, 5.74) is 2.54. The molecule has 0 saturated carbocycles. The van der Waals surface area contributed by atoms with E-state index in [0.717, 1.165) is 11.3 Å². The average molecular weight is 705 g/mol. The Morgan fingerprint density at radius 2 is 1.43 bits per heavy atom. The van der Waals surface area contributed by atoms with Crippen LogP contribution >= 0.6 is 46.3 Å². The number of hydrogen-bond donors (Lipinski definition) is 3. The summed E-state index contributed by atoms with van der Waals surface area (Å²) >= 11 is 14.4. The van der Waals surface area contributed by atoms with Crippen molar-refractivity contribution in [2.45, 2.75) is 17.1 Å². The Morgan fingerprint density at radius 3 is 2.11 bits per heavy atom. The summed E-state index contributed by atoms with van der Waals surface area (Å²) in [5, 5.41) is 8.60. The van der Waals surface area contributed by atoms with E-state index in [4.69, 9.17) is 27.9 Å². The van der Waals surface area contributed by atoms with Crippen LogP contribution in [0.25, 0.3) is 0 Å². The van der Waals surface area contributed by atoms with Crippen molar-refractivity contribution in [2.75, 3.05) is 23.1 Å². The molecule has 1 aromatic heterocycles. The number of para-hydroxylation sites is 1. The quantitative estimate of drug-likeness (QED) is 0.0988. The van der Waals surface area contributed by atoms with E-state index in [9.17, 15) is 19.2 Å². The number of nitrogens with one attached hydrogen (secondary N) is 3. The van der Waals surface area contributed by atoms with Crippen LogP contribution in [0.3, 0.4) is 0 Å². The molecule has 238 valence electrons. The maximum absolute atomic E-state index is 14.0. The van der Waals surface area contributed by atoms with Gasteiger partial charge in [-0.05, 0) is 66.6 Å². The van der Waals surface area contributed by atoms with Gasteiger partial charge in [-0.25, -0.2) is 4.79 Å². The highest BCUT2D eigenvalue weighted by Gasteiger charge is 2.29. The number of halogens is 2. The fourth-order valence-corrected chi connectivity index (χ4v) is 7.28. The van der Waals surface area contributed by atoms with Gasteiger partial charge in [0, 0.05) is 21.3 Å². The lowest BCUT2D eigenvalue weighted by Gasteiger charge is -2.18. The van der Waals surface area contributed by atoms with Crippen molar-refractivity contribution in [2.24, 2.45) is 0 Å². The molecule has 0 spiro atoms. The predicted molar refractivity (Wildman–Crippen MR) is 189 cm³/mol. The van der Waals surface area contributed by atoms with E-state index >= 15 is 0 Å². The second-order valence-electron chi connectivity index (χ2n) is 10.1. The van der Waals surface area contributed by atoms with Gasteiger partial charge < -0.3 is 20.7 Å². The van der Waals surface area contributed by atoms with Gasteiger partial charge in [0.25, 0.3) is 11.8 Å². The standard InChI is InChI=1S/C35H27Cl2N3O5S2/c1-20-28(35(44)45-2)34(47-29(20)32(42)38-23-12-7-4-8-13-23)40-33(43)30(21-10-5-3-6-11-21)46-25-15-9-14-24(19-25)39-31(41)26-17-16-22(36)18-27(26)37/h3-19,30H,1-2H3,(H,38,42)(H,39,41)(H,40,43). The number of hydrogen-bond acceptors (Lipinski definition) is 7. The molecular formula is C35H27Cl2N3O5S2. The van der Waals surface area contributed by atoms with Gasteiger partial charge in [-0.15, -0.1) is 23.1 Å². The molecule has 3 amide bonds. The number of anilines is 3. The summed E-state index contributed by atoms with van der Waals surface area (Å²) in [4.78, 5) is 54.0. The molecule has 0 bridgehead atoms. The first-order chi connectivity index (χ1) is 22.6. The second-order valence-corrected chi connectivity index (χ2v) is 13.1. The topological polar surface area (TPSA) is 114 Å². The van der Waals surface area contributed by atoms with Gasteiger partial charge in [0.05, 0.1) is 28.1 Å². The zero-order valence-electron chi connectivity index (χ0n) is 25.0. The van der Waals surface area contributed by atoms with Crippen molar-refractivity contribution in [3.05, 3.63) is 140 Å². The summed E-state index contributed by atoms with van der Waals surface area (Å²) in [6.45, 7) is 1.64. The predicted octanol–water partition coefficient (Wildman–Crippen LogP) is 9.13. The third kappa shape index (κ3) is 8.22. The van der Waals surface area contributed by atoms with Crippen LogP contribution in [0.15, 0.2) is 108 Å². The van der Waals surface area contributed by atoms with Crippen LogP contribution in [0.1, 0.15) is 46.8 Å². The van der Waals surface area contributed by atoms with Crippen molar-refractivity contribution in [1.29, 1.82) is 0 Å². The Kier molecular flexibility index (Phi) is 11.0. The van der Waals surface area contributed by atoms with E-state index in [2.05, 4.69) is 16.0 Å². The number of methoxy groups -OCH3 is 1. The first kappa shape index (κ1) is 33.7. The number of rotatable bonds is 10. The molecule has 3 N–H and O–H groups in total. The number of ether oxygens (including phenoxy) is 1. The monoisotopic (exact) mass is 703 g/mol. The summed E-state index contributed by atoms with van der Waals surface area (Å²) in [6, 6.07) is 29.7. The Balaban J connectivity index is 1.41. The molecule has 12 heteroatoms. The summed E-state index contributed by atoms with van der Waals surface area (Å²) in [5.74, 6) is -1.94. The number of amides is 3. The Labute approximate surface area is 289 Å². The van der Waals surface area contributed by atoms with Crippen molar-refractivity contribution in [1.82, 2.24) is 0 Å². The Morgan fingerprint density at radius 1 is 0.766 bits per heavy atom. The van der Waals surface area contributed by atoms with Crippen LogP contribution < -0.4 is 16.0 Å². The maximum atomic E-state index is 14.0. The SMILES string of the molecule is COC(=O)c1c(NC(=O)C(Sc2cccc(NC(=O)c3ccc(Cl)cc3Cl)c2)c2ccccc2)sc(C(=O)Nc2ccccc2)c1C. The highest BCUT2D eigenvalue weighted by Crippen LogP contribution is 2.40. The third-order valence-corrected chi connectivity index (χ3v) is 9.87. The lowest BCUT2D eigenvalue weighted by atomic mass is 10.1. The second kappa shape index (κ2) is 15.3. The van der Waals surface area contributed by atoms with Crippen molar-refractivity contribution in [3.8, 4) is 0 Å². The summed E-state index contributed by atoms with van der Waals surface area (Å²) in [6.07, 6.45) is 0. The first-order valence-electron chi connectivity index (χ1n) is 14.1. The van der Waals surface area contributed by atoms with Gasteiger partial charge in [-0.2, -0.15) is 0 Å². The molecule has 5 aromatic rings. The minimum Gasteiger partial charge on any atom is -0.465 e. The first-order valence-corrected chi connectivity index (χ1v) is 16.6. The third-order valence-electron chi connectivity index (χ3n) is 6.87. The largest absolute Gasteiger partial charge is 0.465 e. The van der Waals surface area contributed by atoms with Gasteiger partial charge in [-0.1, -0.05) is 77.8 Å². The number of benzene rings is 4. The maximum Gasteiger partial charge on any atom is 0.341 e. The van der Waals surface area contributed by atoms with Crippen LogP contribution in [0.5, 0.6) is 0 Å². The van der Waals surface area contributed by atoms with Crippen LogP contribution in [-0.4, -0.2) is 30.8 Å². The molecule has 1 heterocycles. The number of carbonyl (C=O) groups excluding carboxylic acids is 4. The fourth-order valence-electron chi connectivity index (χ4n) is 4.61. The lowest BCUT2D eigenvalue weighted by Crippen LogP contribution is -2.20. The Bertz CT molecular complexity index is 1950. The van der Waals surface area contributed by atoms with E-state index in [0.29, 0.717) is 32.4 Å². The van der Waals surface area contributed by atoms with Gasteiger partial charge in [0.15, 0.2) is 0 Å². The fraction of sp³-hybridized carbons (Fsp3) is 0.0857. The molecular weight excluding hydrogens is 677 g/mol. The molecule has 8 nitrogen and oxygen atoms in total. The van der Waals surface area contributed by atoms with Gasteiger partial charge in [0.1, 0.15) is 10.3 Å². The van der Waals surface area contributed by atoms with Crippen LogP contribution in [0.4, 0.5) is 16.4 Å². The van der Waals surface area contributed by atoms with E-state index in [1.165, 1.54) is 24.9 Å². The lowest BCUT2D eigenvalue weighted by molar-refractivity contribution is -0.115. The average Bonchev–Trinajstić information content (AvgIpc) is 3.39. The highest BCUT2D eigenvalue weighted by molar-refractivity contribution is 8.00. The van der Waals surface area contributed by atoms with Gasteiger partial charge >= 0.3 is 5.97 Å². The zero-order valence-corrected chi connectivity index (χ0v) is 28.2. The molecule has 4 aromatic carbocycles. The van der Waals surface area contributed by atoms with E-state index in [-0.39, 0.29) is 26.0 Å². The zero-order chi connectivity index (χ0) is 33.5. The van der Waals surface area contributed by atoms with Crippen LogP contribution in [0.2, 0.25) is 10.0 Å². The van der Waals surface area contributed by atoms with Crippen LogP contribution in [0, 0.1) is 6.92 Å². The van der Waals surface area contributed by atoms with Crippen LogP contribution in [-0.2, 0) is 9.53 Å². The molecule has 47 heavy (non-hydrogen) atoms. The molecule has 0 aliphatic rings. The molecule has 5 rings (SSSR count). The molecule has 0 fully saturated rings. The van der Waals surface area contributed by atoms with Crippen molar-refractivity contribution >= 4 is 86.4 Å². The van der Waals surface area contributed by atoms with E-state index in [1.54, 1.807) is 61.5 Å². The summed E-state index contributed by atoms with van der Waals surface area (Å²) < 4.78 is 5.01. The van der Waals surface area contributed by atoms with Crippen molar-refractivity contribution in [3.63, 3.8) is 0 Å².